The summed E-state index contributed by atoms with van der Waals surface area (Å²) in [6, 6.07) is 0.237. The smallest absolute Gasteiger partial charge is 0.307 e. The molecule has 0 aromatic rings. The van der Waals surface area contributed by atoms with Crippen LogP contribution in [0.15, 0.2) is 12.2 Å². The average Bonchev–Trinajstić information content (AvgIpc) is 2.94. The van der Waals surface area contributed by atoms with Gasteiger partial charge in [-0.15, -0.1) is 0 Å². The molecule has 5 nitrogen and oxygen atoms in total. The van der Waals surface area contributed by atoms with Crippen LogP contribution in [-0.2, 0) is 9.59 Å². The number of allylic oxidation sites excluding steroid dienone is 2. The van der Waals surface area contributed by atoms with Crippen molar-refractivity contribution in [3.05, 3.63) is 12.2 Å². The third-order valence-electron chi connectivity index (χ3n) is 4.50. The van der Waals surface area contributed by atoms with Gasteiger partial charge >= 0.3 is 5.97 Å². The van der Waals surface area contributed by atoms with Crippen molar-refractivity contribution in [2.45, 2.75) is 19.4 Å². The van der Waals surface area contributed by atoms with Crippen LogP contribution in [-0.4, -0.2) is 48.6 Å². The molecule has 19 heavy (non-hydrogen) atoms. The normalized spacial score (nSPS) is 33.7. The Labute approximate surface area is 113 Å². The molecule has 0 spiro atoms. The topological polar surface area (TPSA) is 69.6 Å². The van der Waals surface area contributed by atoms with Crippen LogP contribution in [0.5, 0.6) is 0 Å². The third-order valence-corrected chi connectivity index (χ3v) is 4.50. The molecule has 3 unspecified atom stereocenters. The molecule has 0 aliphatic heterocycles. The van der Waals surface area contributed by atoms with Crippen molar-refractivity contribution in [2.75, 3.05) is 20.6 Å². The SMILES string of the molecule is CC(CNC(=O)[C@H]1C2C=CC(C2)[C@H]1C(=O)O)N(C)C. The van der Waals surface area contributed by atoms with Gasteiger partial charge in [0.25, 0.3) is 0 Å². The number of hydrogen-bond acceptors (Lipinski definition) is 3. The van der Waals surface area contributed by atoms with Crippen molar-refractivity contribution in [1.29, 1.82) is 0 Å². The summed E-state index contributed by atoms with van der Waals surface area (Å²) in [6.45, 7) is 2.57. The van der Waals surface area contributed by atoms with Gasteiger partial charge in [0.1, 0.15) is 0 Å². The quantitative estimate of drug-likeness (QED) is 0.714. The number of fused-ring (bicyclic) bond motifs is 2. The minimum Gasteiger partial charge on any atom is -0.481 e. The first-order valence-electron chi connectivity index (χ1n) is 6.77. The molecule has 0 radical (unpaired) electrons. The lowest BCUT2D eigenvalue weighted by Gasteiger charge is -2.26. The molecule has 0 heterocycles. The van der Waals surface area contributed by atoms with Gasteiger partial charge < -0.3 is 15.3 Å². The number of amides is 1. The molecule has 0 aromatic heterocycles. The number of carboxylic acids is 1. The van der Waals surface area contributed by atoms with E-state index in [0.29, 0.717) is 6.54 Å². The van der Waals surface area contributed by atoms with Gasteiger partial charge in [0, 0.05) is 12.6 Å². The number of nitrogens with one attached hydrogen (secondary N) is 1. The fraction of sp³-hybridized carbons (Fsp3) is 0.714. The molecule has 106 valence electrons. The molecule has 1 amide bonds. The predicted octanol–water partition coefficient (Wildman–Crippen LogP) is 0.576. The van der Waals surface area contributed by atoms with Crippen LogP contribution in [0, 0.1) is 23.7 Å². The second kappa shape index (κ2) is 5.33. The van der Waals surface area contributed by atoms with E-state index in [9.17, 15) is 14.7 Å². The molecular weight excluding hydrogens is 244 g/mol. The number of hydrogen-bond donors (Lipinski definition) is 2. The first-order chi connectivity index (χ1) is 8.91. The summed E-state index contributed by atoms with van der Waals surface area (Å²) in [5.74, 6) is -1.78. The number of rotatable bonds is 5. The molecule has 0 saturated heterocycles. The van der Waals surface area contributed by atoms with Crippen molar-refractivity contribution < 1.29 is 14.7 Å². The van der Waals surface area contributed by atoms with E-state index in [1.165, 1.54) is 0 Å². The summed E-state index contributed by atoms with van der Waals surface area (Å²) in [6.07, 6.45) is 4.76. The van der Waals surface area contributed by atoms with E-state index in [1.807, 2.05) is 38.1 Å². The molecule has 5 heteroatoms. The zero-order valence-corrected chi connectivity index (χ0v) is 11.7. The summed E-state index contributed by atoms with van der Waals surface area (Å²) < 4.78 is 0. The highest BCUT2D eigenvalue weighted by molar-refractivity contribution is 5.86. The Bertz CT molecular complexity index is 405. The zero-order valence-electron chi connectivity index (χ0n) is 11.7. The summed E-state index contributed by atoms with van der Waals surface area (Å²) in [5, 5.41) is 12.2. The van der Waals surface area contributed by atoms with Gasteiger partial charge in [-0.1, -0.05) is 12.2 Å². The Kier molecular flexibility index (Phi) is 3.94. The maximum absolute atomic E-state index is 12.3. The van der Waals surface area contributed by atoms with E-state index in [-0.39, 0.29) is 23.8 Å². The van der Waals surface area contributed by atoms with Crippen LogP contribution >= 0.6 is 0 Å². The highest BCUT2D eigenvalue weighted by Gasteiger charge is 2.51. The molecule has 0 aromatic carbocycles. The van der Waals surface area contributed by atoms with E-state index in [2.05, 4.69) is 5.32 Å². The van der Waals surface area contributed by atoms with Crippen molar-refractivity contribution in [2.24, 2.45) is 23.7 Å². The van der Waals surface area contributed by atoms with Gasteiger partial charge in [-0.2, -0.15) is 0 Å². The van der Waals surface area contributed by atoms with E-state index in [4.69, 9.17) is 0 Å². The van der Waals surface area contributed by atoms with Crippen molar-refractivity contribution in [1.82, 2.24) is 10.2 Å². The highest BCUT2D eigenvalue weighted by Crippen LogP contribution is 2.48. The standard InChI is InChI=1S/C14H22N2O3/c1-8(16(2)3)7-15-13(17)11-9-4-5-10(6-9)12(11)14(18)19/h4-5,8-12H,6-7H2,1-3H3,(H,15,17)(H,18,19)/t8?,9?,10?,11-,12+/m0/s1. The Morgan fingerprint density at radius 3 is 2.42 bits per heavy atom. The van der Waals surface area contributed by atoms with Gasteiger partial charge in [-0.05, 0) is 39.3 Å². The zero-order chi connectivity index (χ0) is 14.2. The van der Waals surface area contributed by atoms with Gasteiger partial charge in [0.15, 0.2) is 0 Å². The molecular formula is C14H22N2O3. The predicted molar refractivity (Wildman–Crippen MR) is 71.5 cm³/mol. The fourth-order valence-corrected chi connectivity index (χ4v) is 3.07. The highest BCUT2D eigenvalue weighted by atomic mass is 16.4. The lowest BCUT2D eigenvalue weighted by atomic mass is 9.82. The summed E-state index contributed by atoms with van der Waals surface area (Å²) >= 11 is 0. The number of carbonyl (C=O) groups is 2. The largest absolute Gasteiger partial charge is 0.481 e. The number of carboxylic acid groups (broad SMARTS) is 1. The summed E-state index contributed by atoms with van der Waals surface area (Å²) in [7, 11) is 3.91. The number of carbonyl (C=O) groups excluding carboxylic acids is 1. The van der Waals surface area contributed by atoms with E-state index in [0.717, 1.165) is 6.42 Å². The van der Waals surface area contributed by atoms with Crippen molar-refractivity contribution in [3.8, 4) is 0 Å². The minimum atomic E-state index is -0.849. The molecule has 2 N–H and O–H groups in total. The van der Waals surface area contributed by atoms with Crippen LogP contribution in [0.4, 0.5) is 0 Å². The van der Waals surface area contributed by atoms with E-state index in [1.54, 1.807) is 0 Å². The van der Waals surface area contributed by atoms with Gasteiger partial charge in [-0.25, -0.2) is 0 Å². The van der Waals surface area contributed by atoms with E-state index >= 15 is 0 Å². The second-order valence-electron chi connectivity index (χ2n) is 5.90. The maximum Gasteiger partial charge on any atom is 0.307 e. The average molecular weight is 266 g/mol. The summed E-state index contributed by atoms with van der Waals surface area (Å²) in [4.78, 5) is 25.6. The third kappa shape index (κ3) is 2.66. The van der Waals surface area contributed by atoms with Crippen molar-refractivity contribution >= 4 is 11.9 Å². The Morgan fingerprint density at radius 2 is 1.89 bits per heavy atom. The molecule has 2 bridgehead atoms. The number of aliphatic carboxylic acids is 1. The monoisotopic (exact) mass is 266 g/mol. The van der Waals surface area contributed by atoms with Crippen LogP contribution in [0.1, 0.15) is 13.3 Å². The van der Waals surface area contributed by atoms with Crippen LogP contribution in [0.25, 0.3) is 0 Å². The van der Waals surface area contributed by atoms with Crippen LogP contribution in [0.2, 0.25) is 0 Å². The molecule has 1 fully saturated rings. The van der Waals surface area contributed by atoms with Gasteiger partial charge in [0.2, 0.25) is 5.91 Å². The fourth-order valence-electron chi connectivity index (χ4n) is 3.07. The first-order valence-corrected chi connectivity index (χ1v) is 6.77. The minimum absolute atomic E-state index is 0.0320. The van der Waals surface area contributed by atoms with Crippen molar-refractivity contribution in [3.63, 3.8) is 0 Å². The Hall–Kier alpha value is -1.36. The second-order valence-corrected chi connectivity index (χ2v) is 5.90. The molecule has 2 aliphatic carbocycles. The first kappa shape index (κ1) is 14.1. The lowest BCUT2D eigenvalue weighted by Crippen LogP contribution is -2.44. The van der Waals surface area contributed by atoms with E-state index < -0.39 is 17.8 Å². The van der Waals surface area contributed by atoms with Gasteiger partial charge in [0.05, 0.1) is 11.8 Å². The Morgan fingerprint density at radius 1 is 1.32 bits per heavy atom. The molecule has 2 rings (SSSR count). The molecule has 2 aliphatic rings. The molecule has 1 saturated carbocycles. The Balaban J connectivity index is 1.98. The van der Waals surface area contributed by atoms with Crippen LogP contribution < -0.4 is 5.32 Å². The lowest BCUT2D eigenvalue weighted by molar-refractivity contribution is -0.147. The number of nitrogens with zero attached hydrogens (tertiary/aromatic N) is 1. The van der Waals surface area contributed by atoms with Crippen LogP contribution in [0.3, 0.4) is 0 Å². The summed E-state index contributed by atoms with van der Waals surface area (Å²) in [5.41, 5.74) is 0. The molecule has 5 atom stereocenters. The maximum atomic E-state index is 12.3. The number of likely N-dealkylation sites (N-methyl/N-ethyl adjacent to an activating group) is 1. The van der Waals surface area contributed by atoms with Gasteiger partial charge in [-0.3, -0.25) is 9.59 Å².